The highest BCUT2D eigenvalue weighted by Crippen LogP contribution is 2.53. The molecule has 0 atom stereocenters. The maximum absolute atomic E-state index is 7.44. The van der Waals surface area contributed by atoms with Crippen LogP contribution in [0.4, 0.5) is 34.1 Å². The lowest BCUT2D eigenvalue weighted by Crippen LogP contribution is -2.17. The summed E-state index contributed by atoms with van der Waals surface area (Å²) in [6, 6.07) is 72.1. The molecule has 0 saturated heterocycles. The molecule has 0 aliphatic heterocycles. The Morgan fingerprint density at radius 1 is 0.412 bits per heavy atom. The Labute approximate surface area is 395 Å². The van der Waals surface area contributed by atoms with Crippen LogP contribution in [0.5, 0.6) is 0 Å². The third kappa shape index (κ3) is 6.36. The number of para-hydroxylation sites is 4. The summed E-state index contributed by atoms with van der Waals surface area (Å²) in [7, 11) is 0. The second-order valence-electron chi connectivity index (χ2n) is 18.4. The molecule has 0 radical (unpaired) electrons. The number of hydrogen-bond acceptors (Lipinski definition) is 4. The van der Waals surface area contributed by atoms with Crippen molar-refractivity contribution < 1.29 is 8.83 Å². The van der Waals surface area contributed by atoms with E-state index in [-0.39, 0.29) is 5.41 Å². The quantitative estimate of drug-likeness (QED) is 0.152. The van der Waals surface area contributed by atoms with Gasteiger partial charge in [0.25, 0.3) is 0 Å². The summed E-state index contributed by atoms with van der Waals surface area (Å²) >= 11 is 0. The van der Waals surface area contributed by atoms with Crippen LogP contribution < -0.4 is 9.80 Å². The van der Waals surface area contributed by atoms with Gasteiger partial charge in [-0.1, -0.05) is 178 Å². The maximum Gasteiger partial charge on any atom is 0.159 e. The molecule has 0 saturated carbocycles. The lowest BCUT2D eigenvalue weighted by Gasteiger charge is -2.29. The molecule has 0 bridgehead atoms. The first-order chi connectivity index (χ1) is 33.5. The van der Waals surface area contributed by atoms with Crippen molar-refractivity contribution in [2.75, 3.05) is 9.80 Å². The number of anilines is 6. The molecule has 0 fully saturated rings. The van der Waals surface area contributed by atoms with Gasteiger partial charge < -0.3 is 18.6 Å². The first kappa shape index (κ1) is 39.7. The average Bonchev–Trinajstić information content (AvgIpc) is 3.93. The van der Waals surface area contributed by atoms with Crippen molar-refractivity contribution in [3.8, 4) is 22.3 Å². The van der Waals surface area contributed by atoms with E-state index < -0.39 is 0 Å². The molecule has 0 amide bonds. The zero-order valence-electron chi connectivity index (χ0n) is 37.9. The number of rotatable bonds is 8. The van der Waals surface area contributed by atoms with Gasteiger partial charge in [-0.15, -0.1) is 0 Å². The van der Waals surface area contributed by atoms with Crippen molar-refractivity contribution in [3.63, 3.8) is 0 Å². The fraction of sp³-hybridized carbons (Fsp3) is 0.0625. The Morgan fingerprint density at radius 3 is 1.85 bits per heavy atom. The predicted octanol–water partition coefficient (Wildman–Crippen LogP) is 18.3. The summed E-state index contributed by atoms with van der Waals surface area (Å²) in [6.07, 6.45) is 11.8. The van der Waals surface area contributed by atoms with Crippen molar-refractivity contribution in [3.05, 3.63) is 247 Å². The lowest BCUT2D eigenvalue weighted by atomic mass is 9.82. The third-order valence-corrected chi connectivity index (χ3v) is 14.1. The monoisotopic (exact) mass is 874 g/mol. The summed E-state index contributed by atoms with van der Waals surface area (Å²) < 4.78 is 13.8. The van der Waals surface area contributed by atoms with Gasteiger partial charge in [0, 0.05) is 49.6 Å². The minimum atomic E-state index is -0.180. The summed E-state index contributed by atoms with van der Waals surface area (Å²) in [5, 5.41) is 4.23. The van der Waals surface area contributed by atoms with Crippen LogP contribution in [-0.2, 0) is 5.41 Å². The SMILES string of the molecule is CC1(C)c2ccccc2-c2ccc(N(c3ccccc3-c3ccccc3)c3cccc4c3oc3c(N(c5ccc(C6=CCC=CC=C6)cc5)c5ccc6oc7ccccc7c6c5)cccc34)cc21. The van der Waals surface area contributed by atoms with Crippen molar-refractivity contribution in [1.82, 2.24) is 0 Å². The number of benzene rings is 9. The molecule has 2 aliphatic rings. The molecule has 2 aromatic heterocycles. The smallest absolute Gasteiger partial charge is 0.159 e. The maximum atomic E-state index is 7.44. The zero-order chi connectivity index (χ0) is 45.3. The Bertz CT molecular complexity index is 3860. The fourth-order valence-electron chi connectivity index (χ4n) is 10.8. The topological polar surface area (TPSA) is 32.8 Å². The van der Waals surface area contributed by atoms with Gasteiger partial charge in [0.2, 0.25) is 0 Å². The number of nitrogens with zero attached hydrogens (tertiary/aromatic N) is 2. The Balaban J connectivity index is 1.03. The van der Waals surface area contributed by atoms with Gasteiger partial charge in [-0.2, -0.15) is 0 Å². The van der Waals surface area contributed by atoms with Crippen LogP contribution >= 0.6 is 0 Å². The molecule has 68 heavy (non-hydrogen) atoms. The van der Waals surface area contributed by atoms with E-state index in [1.165, 1.54) is 33.4 Å². The summed E-state index contributed by atoms with van der Waals surface area (Å²) in [4.78, 5) is 4.74. The summed E-state index contributed by atoms with van der Waals surface area (Å²) in [6.45, 7) is 4.70. The van der Waals surface area contributed by atoms with E-state index in [0.29, 0.717) is 0 Å². The fourth-order valence-corrected chi connectivity index (χ4v) is 10.8. The Hall–Kier alpha value is -8.60. The van der Waals surface area contributed by atoms with Crippen LogP contribution in [0, 0.1) is 0 Å². The Kier molecular flexibility index (Phi) is 9.23. The minimum absolute atomic E-state index is 0.180. The second kappa shape index (κ2) is 15.8. The molecule has 0 N–H and O–H groups in total. The largest absolute Gasteiger partial charge is 0.456 e. The minimum Gasteiger partial charge on any atom is -0.456 e. The highest BCUT2D eigenvalue weighted by atomic mass is 16.3. The van der Waals surface area contributed by atoms with Gasteiger partial charge in [0.15, 0.2) is 11.2 Å². The second-order valence-corrected chi connectivity index (χ2v) is 18.4. The van der Waals surface area contributed by atoms with Crippen LogP contribution in [0.25, 0.3) is 71.7 Å². The van der Waals surface area contributed by atoms with Gasteiger partial charge in [-0.05, 0) is 112 Å². The van der Waals surface area contributed by atoms with E-state index in [1.807, 2.05) is 12.1 Å². The van der Waals surface area contributed by atoms with Crippen molar-refractivity contribution in [1.29, 1.82) is 0 Å². The molecular weight excluding hydrogens is 829 g/mol. The van der Waals surface area contributed by atoms with E-state index in [9.17, 15) is 0 Å². The summed E-state index contributed by atoms with van der Waals surface area (Å²) in [5.74, 6) is 0. The summed E-state index contributed by atoms with van der Waals surface area (Å²) in [5.41, 5.74) is 19.1. The molecule has 0 spiro atoms. The van der Waals surface area contributed by atoms with Crippen molar-refractivity contribution >= 4 is 83.6 Å². The number of hydrogen-bond donors (Lipinski definition) is 0. The van der Waals surface area contributed by atoms with Crippen LogP contribution in [-0.4, -0.2) is 0 Å². The van der Waals surface area contributed by atoms with Crippen LogP contribution in [0.1, 0.15) is 37.0 Å². The third-order valence-electron chi connectivity index (χ3n) is 14.1. The van der Waals surface area contributed by atoms with Gasteiger partial charge in [-0.3, -0.25) is 0 Å². The molecular formula is C64H46N2O2. The molecule has 11 aromatic rings. The lowest BCUT2D eigenvalue weighted by molar-refractivity contribution is 0.660. The standard InChI is InChI=1S/C64H46N2O2/c1-64(2)55-27-13-10-23-49(55)50-38-36-47(41-56(50)64)66(57-28-14-11-22-48(57)44-20-8-5-9-21-44)59-30-17-26-53-52-25-16-29-58(62(52)68-63(53)59)65(45-34-32-43(33-35-45)42-18-6-3-4-7-19-42)46-37-39-61-54(40-46)51-24-12-15-31-60(51)67-61/h3-6,8-41H,7H2,1-2H3. The molecule has 0 unspecified atom stereocenters. The van der Waals surface area contributed by atoms with Crippen LogP contribution in [0.3, 0.4) is 0 Å². The van der Waals surface area contributed by atoms with Crippen molar-refractivity contribution in [2.24, 2.45) is 0 Å². The van der Waals surface area contributed by atoms with Gasteiger partial charge in [-0.25, -0.2) is 0 Å². The zero-order valence-corrected chi connectivity index (χ0v) is 37.9. The molecule has 13 rings (SSSR count). The molecule has 4 heteroatoms. The number of fused-ring (bicyclic) bond motifs is 9. The van der Waals surface area contributed by atoms with Gasteiger partial charge in [0.1, 0.15) is 11.2 Å². The first-order valence-corrected chi connectivity index (χ1v) is 23.5. The van der Waals surface area contributed by atoms with Crippen molar-refractivity contribution in [2.45, 2.75) is 25.7 Å². The van der Waals surface area contributed by atoms with E-state index in [0.717, 1.165) is 95.5 Å². The van der Waals surface area contributed by atoms with E-state index >= 15 is 0 Å². The number of allylic oxidation sites excluding steroid dienone is 6. The van der Waals surface area contributed by atoms with E-state index in [1.54, 1.807) is 0 Å². The first-order valence-electron chi connectivity index (χ1n) is 23.5. The Morgan fingerprint density at radius 2 is 1.03 bits per heavy atom. The predicted molar refractivity (Wildman–Crippen MR) is 284 cm³/mol. The van der Waals surface area contributed by atoms with E-state index in [2.05, 4.69) is 242 Å². The normalized spacial score (nSPS) is 13.8. The van der Waals surface area contributed by atoms with E-state index in [4.69, 9.17) is 8.83 Å². The van der Waals surface area contributed by atoms with Crippen LogP contribution in [0.15, 0.2) is 239 Å². The average molecular weight is 875 g/mol. The number of furan rings is 2. The van der Waals surface area contributed by atoms with Crippen LogP contribution in [0.2, 0.25) is 0 Å². The van der Waals surface area contributed by atoms with Gasteiger partial charge in [0.05, 0.1) is 17.1 Å². The highest BCUT2D eigenvalue weighted by molar-refractivity contribution is 6.15. The molecule has 4 nitrogen and oxygen atoms in total. The molecule has 324 valence electrons. The van der Waals surface area contributed by atoms with Gasteiger partial charge >= 0.3 is 0 Å². The molecule has 2 aliphatic carbocycles. The molecule has 9 aromatic carbocycles. The molecule has 2 heterocycles. The highest BCUT2D eigenvalue weighted by Gasteiger charge is 2.36.